The Kier molecular flexibility index (Phi) is 4.15. The highest BCUT2D eigenvalue weighted by Gasteiger charge is 2.15. The van der Waals surface area contributed by atoms with E-state index in [1.54, 1.807) is 19.1 Å². The largest absolute Gasteiger partial charge is 0.493 e. The molecular formula is C13H18N2O3. The van der Waals surface area contributed by atoms with Gasteiger partial charge in [0.15, 0.2) is 0 Å². The van der Waals surface area contributed by atoms with Crippen molar-refractivity contribution >= 4 is 5.69 Å². The Morgan fingerprint density at radius 1 is 1.56 bits per heavy atom. The van der Waals surface area contributed by atoms with Crippen molar-refractivity contribution in [2.24, 2.45) is 5.92 Å². The molecule has 5 heteroatoms. The van der Waals surface area contributed by atoms with Crippen LogP contribution in [-0.2, 0) is 0 Å². The highest BCUT2D eigenvalue weighted by molar-refractivity contribution is 5.44. The predicted molar refractivity (Wildman–Crippen MR) is 68.9 cm³/mol. The smallest absolute Gasteiger partial charge is 0.272 e. The van der Waals surface area contributed by atoms with E-state index in [1.165, 1.54) is 18.9 Å². The van der Waals surface area contributed by atoms with Gasteiger partial charge in [0.1, 0.15) is 5.75 Å². The topological polar surface area (TPSA) is 64.4 Å². The van der Waals surface area contributed by atoms with Crippen LogP contribution in [0, 0.1) is 23.0 Å². The zero-order valence-corrected chi connectivity index (χ0v) is 10.5. The minimum atomic E-state index is -0.371. The van der Waals surface area contributed by atoms with Crippen molar-refractivity contribution in [3.63, 3.8) is 0 Å². The molecule has 0 spiro atoms. The van der Waals surface area contributed by atoms with E-state index in [2.05, 4.69) is 5.32 Å². The Labute approximate surface area is 106 Å². The molecule has 1 heterocycles. The molecule has 0 aromatic heterocycles. The molecule has 1 atom stereocenters. The van der Waals surface area contributed by atoms with Gasteiger partial charge in [-0.15, -0.1) is 0 Å². The first-order valence-corrected chi connectivity index (χ1v) is 6.25. The maximum atomic E-state index is 10.7. The lowest BCUT2D eigenvalue weighted by Gasteiger charge is -2.22. The number of hydrogen-bond acceptors (Lipinski definition) is 4. The Hall–Kier alpha value is -1.62. The molecule has 18 heavy (non-hydrogen) atoms. The van der Waals surface area contributed by atoms with Gasteiger partial charge in [-0.2, -0.15) is 0 Å². The molecule has 0 saturated carbocycles. The summed E-state index contributed by atoms with van der Waals surface area (Å²) in [4.78, 5) is 10.3. The molecule has 2 rings (SSSR count). The second kappa shape index (κ2) is 5.82. The summed E-state index contributed by atoms with van der Waals surface area (Å²) in [6.07, 6.45) is 2.37. The van der Waals surface area contributed by atoms with Crippen molar-refractivity contribution in [2.45, 2.75) is 19.8 Å². The SMILES string of the molecule is Cc1cc(OCC2CCCNC2)ccc1[N+](=O)[O-]. The second-order valence-corrected chi connectivity index (χ2v) is 4.73. The molecule has 0 amide bonds. The minimum absolute atomic E-state index is 0.140. The van der Waals surface area contributed by atoms with Crippen LogP contribution >= 0.6 is 0 Å². The number of nitro benzene ring substituents is 1. The zero-order valence-electron chi connectivity index (χ0n) is 10.5. The number of rotatable bonds is 4. The van der Waals surface area contributed by atoms with E-state index in [0.29, 0.717) is 23.8 Å². The van der Waals surface area contributed by atoms with Crippen LogP contribution in [0.4, 0.5) is 5.69 Å². The highest BCUT2D eigenvalue weighted by atomic mass is 16.6. The van der Waals surface area contributed by atoms with Crippen LogP contribution < -0.4 is 10.1 Å². The normalized spacial score (nSPS) is 19.5. The van der Waals surface area contributed by atoms with Crippen molar-refractivity contribution in [3.05, 3.63) is 33.9 Å². The first-order chi connectivity index (χ1) is 8.66. The lowest BCUT2D eigenvalue weighted by molar-refractivity contribution is -0.385. The van der Waals surface area contributed by atoms with Crippen LogP contribution in [0.1, 0.15) is 18.4 Å². The van der Waals surface area contributed by atoms with E-state index in [0.717, 1.165) is 13.1 Å². The van der Waals surface area contributed by atoms with Gasteiger partial charge in [0, 0.05) is 24.1 Å². The van der Waals surface area contributed by atoms with Crippen LogP contribution in [0.5, 0.6) is 5.75 Å². The molecule has 0 aliphatic carbocycles. The van der Waals surface area contributed by atoms with Crippen molar-refractivity contribution in [1.29, 1.82) is 0 Å². The van der Waals surface area contributed by atoms with Gasteiger partial charge in [0.25, 0.3) is 5.69 Å². The first kappa shape index (κ1) is 12.8. The zero-order chi connectivity index (χ0) is 13.0. The third-order valence-corrected chi connectivity index (χ3v) is 3.25. The summed E-state index contributed by atoms with van der Waals surface area (Å²) in [6, 6.07) is 4.90. The van der Waals surface area contributed by atoms with Gasteiger partial charge in [-0.3, -0.25) is 10.1 Å². The molecule has 1 aliphatic heterocycles. The third-order valence-electron chi connectivity index (χ3n) is 3.25. The van der Waals surface area contributed by atoms with Crippen LogP contribution in [0.3, 0.4) is 0 Å². The van der Waals surface area contributed by atoms with Gasteiger partial charge in [-0.25, -0.2) is 0 Å². The average molecular weight is 250 g/mol. The molecule has 1 unspecified atom stereocenters. The molecule has 98 valence electrons. The van der Waals surface area contributed by atoms with Gasteiger partial charge >= 0.3 is 0 Å². The Morgan fingerprint density at radius 3 is 3.00 bits per heavy atom. The molecule has 5 nitrogen and oxygen atoms in total. The summed E-state index contributed by atoms with van der Waals surface area (Å²) < 4.78 is 5.70. The van der Waals surface area contributed by atoms with Gasteiger partial charge in [0.05, 0.1) is 11.5 Å². The molecule has 1 aliphatic rings. The quantitative estimate of drug-likeness (QED) is 0.657. The fourth-order valence-corrected chi connectivity index (χ4v) is 2.20. The van der Waals surface area contributed by atoms with Crippen molar-refractivity contribution in [3.8, 4) is 5.75 Å². The van der Waals surface area contributed by atoms with Crippen LogP contribution in [0.2, 0.25) is 0 Å². The van der Waals surface area contributed by atoms with Crippen molar-refractivity contribution < 1.29 is 9.66 Å². The number of piperidine rings is 1. The molecule has 0 radical (unpaired) electrons. The van der Waals surface area contributed by atoms with E-state index in [-0.39, 0.29) is 10.6 Å². The maximum Gasteiger partial charge on any atom is 0.272 e. The molecule has 1 saturated heterocycles. The summed E-state index contributed by atoms with van der Waals surface area (Å²) in [6.45, 7) is 4.48. The number of aryl methyl sites for hydroxylation is 1. The second-order valence-electron chi connectivity index (χ2n) is 4.73. The minimum Gasteiger partial charge on any atom is -0.493 e. The standard InChI is InChI=1S/C13H18N2O3/c1-10-7-12(4-5-13(10)15(16)17)18-9-11-3-2-6-14-8-11/h4-5,7,11,14H,2-3,6,8-9H2,1H3. The van der Waals surface area contributed by atoms with Gasteiger partial charge in [-0.05, 0) is 38.4 Å². The summed E-state index contributed by atoms with van der Waals surface area (Å²) in [5.41, 5.74) is 0.779. The first-order valence-electron chi connectivity index (χ1n) is 6.25. The molecular weight excluding hydrogens is 232 g/mol. The number of nitrogens with one attached hydrogen (secondary N) is 1. The van der Waals surface area contributed by atoms with Gasteiger partial charge < -0.3 is 10.1 Å². The highest BCUT2D eigenvalue weighted by Crippen LogP contribution is 2.23. The summed E-state index contributed by atoms with van der Waals surface area (Å²) >= 11 is 0. The summed E-state index contributed by atoms with van der Waals surface area (Å²) in [5.74, 6) is 1.25. The van der Waals surface area contributed by atoms with E-state index >= 15 is 0 Å². The summed E-state index contributed by atoms with van der Waals surface area (Å²) in [7, 11) is 0. The monoisotopic (exact) mass is 250 g/mol. The molecule has 1 fully saturated rings. The molecule has 1 aromatic rings. The number of benzene rings is 1. The number of hydrogen-bond donors (Lipinski definition) is 1. The van der Waals surface area contributed by atoms with Crippen molar-refractivity contribution in [1.82, 2.24) is 5.32 Å². The van der Waals surface area contributed by atoms with E-state index in [4.69, 9.17) is 4.74 Å². The van der Waals surface area contributed by atoms with E-state index in [9.17, 15) is 10.1 Å². The lowest BCUT2D eigenvalue weighted by atomic mass is 10.0. The molecule has 0 bridgehead atoms. The van der Waals surface area contributed by atoms with Gasteiger partial charge in [0.2, 0.25) is 0 Å². The van der Waals surface area contributed by atoms with Crippen molar-refractivity contribution in [2.75, 3.05) is 19.7 Å². The number of nitrogens with zero attached hydrogens (tertiary/aromatic N) is 1. The Bertz CT molecular complexity index is 428. The van der Waals surface area contributed by atoms with Crippen LogP contribution in [0.25, 0.3) is 0 Å². The molecule has 1 N–H and O–H groups in total. The Morgan fingerprint density at radius 2 is 2.39 bits per heavy atom. The maximum absolute atomic E-state index is 10.7. The van der Waals surface area contributed by atoms with E-state index < -0.39 is 0 Å². The van der Waals surface area contributed by atoms with E-state index in [1.807, 2.05) is 0 Å². The fourth-order valence-electron chi connectivity index (χ4n) is 2.20. The summed E-state index contributed by atoms with van der Waals surface area (Å²) in [5, 5.41) is 14.0. The Balaban J connectivity index is 1.93. The number of nitro groups is 1. The van der Waals surface area contributed by atoms with Gasteiger partial charge in [-0.1, -0.05) is 0 Å². The number of ether oxygens (including phenoxy) is 1. The fraction of sp³-hybridized carbons (Fsp3) is 0.538. The predicted octanol–water partition coefficient (Wildman–Crippen LogP) is 2.28. The average Bonchev–Trinajstić information content (AvgIpc) is 2.37. The lowest BCUT2D eigenvalue weighted by Crippen LogP contribution is -2.33. The van der Waals surface area contributed by atoms with Crippen LogP contribution in [-0.4, -0.2) is 24.6 Å². The molecule has 1 aromatic carbocycles. The van der Waals surface area contributed by atoms with Crippen LogP contribution in [0.15, 0.2) is 18.2 Å². The third kappa shape index (κ3) is 3.20.